The zero-order valence-corrected chi connectivity index (χ0v) is 10.7. The van der Waals surface area contributed by atoms with E-state index in [2.05, 4.69) is 5.32 Å². The van der Waals surface area contributed by atoms with Crippen LogP contribution >= 0.6 is 0 Å². The summed E-state index contributed by atoms with van der Waals surface area (Å²) >= 11 is 0. The predicted molar refractivity (Wildman–Crippen MR) is 66.5 cm³/mol. The molecule has 0 aromatic heterocycles. The standard InChI is InChI=1S/C12H24N2O3/c1-3-10(13)8-11(15)14-7-6-9(2)4-5-12(16)17/h9-10H,3-8,13H2,1-2H3,(H,14,15)(H,16,17). The number of carbonyl (C=O) groups is 2. The molecule has 2 atom stereocenters. The maximum atomic E-state index is 11.4. The molecule has 17 heavy (non-hydrogen) atoms. The van der Waals surface area contributed by atoms with E-state index in [0.29, 0.717) is 25.3 Å². The number of nitrogens with one attached hydrogen (secondary N) is 1. The summed E-state index contributed by atoms with van der Waals surface area (Å²) < 4.78 is 0. The molecule has 5 nitrogen and oxygen atoms in total. The average molecular weight is 244 g/mol. The molecule has 0 spiro atoms. The minimum Gasteiger partial charge on any atom is -0.481 e. The first kappa shape index (κ1) is 15.9. The fraction of sp³-hybridized carbons (Fsp3) is 0.833. The van der Waals surface area contributed by atoms with Gasteiger partial charge in [-0.05, 0) is 25.2 Å². The first-order valence-electron chi connectivity index (χ1n) is 6.19. The van der Waals surface area contributed by atoms with Gasteiger partial charge in [-0.15, -0.1) is 0 Å². The molecule has 2 unspecified atom stereocenters. The first-order chi connectivity index (χ1) is 7.95. The zero-order chi connectivity index (χ0) is 13.3. The summed E-state index contributed by atoms with van der Waals surface area (Å²) in [4.78, 5) is 21.7. The van der Waals surface area contributed by atoms with Crippen molar-refractivity contribution in [3.8, 4) is 0 Å². The number of hydrogen-bond acceptors (Lipinski definition) is 3. The molecule has 0 aliphatic rings. The number of carbonyl (C=O) groups excluding carboxylic acids is 1. The topological polar surface area (TPSA) is 92.4 Å². The number of rotatable bonds is 9. The maximum Gasteiger partial charge on any atom is 0.303 e. The Balaban J connectivity index is 3.55. The third-order valence-corrected chi connectivity index (χ3v) is 2.78. The molecule has 0 aliphatic carbocycles. The van der Waals surface area contributed by atoms with Gasteiger partial charge in [0.05, 0.1) is 0 Å². The van der Waals surface area contributed by atoms with Crippen molar-refractivity contribution >= 4 is 11.9 Å². The van der Waals surface area contributed by atoms with Crippen molar-refractivity contribution < 1.29 is 14.7 Å². The van der Waals surface area contributed by atoms with Gasteiger partial charge in [-0.3, -0.25) is 9.59 Å². The van der Waals surface area contributed by atoms with Crippen LogP contribution in [0.4, 0.5) is 0 Å². The number of carboxylic acids is 1. The van der Waals surface area contributed by atoms with Crippen LogP contribution in [0, 0.1) is 5.92 Å². The molecule has 5 heteroatoms. The molecule has 0 radical (unpaired) electrons. The lowest BCUT2D eigenvalue weighted by Gasteiger charge is -2.12. The first-order valence-corrected chi connectivity index (χ1v) is 6.19. The van der Waals surface area contributed by atoms with Gasteiger partial charge in [-0.2, -0.15) is 0 Å². The van der Waals surface area contributed by atoms with E-state index in [1.807, 2.05) is 13.8 Å². The Hall–Kier alpha value is -1.10. The smallest absolute Gasteiger partial charge is 0.303 e. The fourth-order valence-electron chi connectivity index (χ4n) is 1.43. The summed E-state index contributed by atoms with van der Waals surface area (Å²) in [6.07, 6.45) is 2.80. The van der Waals surface area contributed by atoms with Crippen LogP contribution in [0.5, 0.6) is 0 Å². The molecule has 0 rings (SSSR count). The monoisotopic (exact) mass is 244 g/mol. The molecule has 0 aromatic carbocycles. The number of aliphatic carboxylic acids is 1. The highest BCUT2D eigenvalue weighted by molar-refractivity contribution is 5.76. The molecular weight excluding hydrogens is 220 g/mol. The van der Waals surface area contributed by atoms with Crippen molar-refractivity contribution in [3.63, 3.8) is 0 Å². The summed E-state index contributed by atoms with van der Waals surface area (Å²) in [6.45, 7) is 4.54. The van der Waals surface area contributed by atoms with Crippen LogP contribution in [0.1, 0.15) is 46.0 Å². The summed E-state index contributed by atoms with van der Waals surface area (Å²) in [5, 5.41) is 11.3. The summed E-state index contributed by atoms with van der Waals surface area (Å²) in [5.41, 5.74) is 5.66. The van der Waals surface area contributed by atoms with Crippen molar-refractivity contribution in [1.29, 1.82) is 0 Å². The van der Waals surface area contributed by atoms with Crippen LogP contribution in [0.15, 0.2) is 0 Å². The van der Waals surface area contributed by atoms with E-state index in [0.717, 1.165) is 12.8 Å². The van der Waals surface area contributed by atoms with E-state index in [9.17, 15) is 9.59 Å². The highest BCUT2D eigenvalue weighted by Gasteiger charge is 2.09. The lowest BCUT2D eigenvalue weighted by atomic mass is 10.0. The normalized spacial score (nSPS) is 14.1. The number of nitrogens with two attached hydrogens (primary N) is 1. The number of carboxylic acid groups (broad SMARTS) is 1. The van der Waals surface area contributed by atoms with E-state index in [4.69, 9.17) is 10.8 Å². The van der Waals surface area contributed by atoms with E-state index in [-0.39, 0.29) is 18.4 Å². The van der Waals surface area contributed by atoms with Gasteiger partial charge in [0.1, 0.15) is 0 Å². The van der Waals surface area contributed by atoms with Crippen molar-refractivity contribution in [2.45, 2.75) is 52.0 Å². The van der Waals surface area contributed by atoms with Crippen LogP contribution in [0.3, 0.4) is 0 Å². The van der Waals surface area contributed by atoms with Crippen LogP contribution < -0.4 is 11.1 Å². The third-order valence-electron chi connectivity index (χ3n) is 2.78. The molecule has 100 valence electrons. The Morgan fingerprint density at radius 1 is 1.35 bits per heavy atom. The lowest BCUT2D eigenvalue weighted by Crippen LogP contribution is -2.32. The van der Waals surface area contributed by atoms with E-state index in [1.165, 1.54) is 0 Å². The molecule has 0 bridgehead atoms. The van der Waals surface area contributed by atoms with Crippen LogP contribution in [-0.4, -0.2) is 29.6 Å². The second-order valence-electron chi connectivity index (χ2n) is 4.55. The Kier molecular flexibility index (Phi) is 8.40. The van der Waals surface area contributed by atoms with E-state index >= 15 is 0 Å². The van der Waals surface area contributed by atoms with Crippen LogP contribution in [-0.2, 0) is 9.59 Å². The Bertz CT molecular complexity index is 244. The van der Waals surface area contributed by atoms with Gasteiger partial charge >= 0.3 is 5.97 Å². The average Bonchev–Trinajstić information content (AvgIpc) is 2.26. The minimum atomic E-state index is -0.769. The van der Waals surface area contributed by atoms with Crippen LogP contribution in [0.25, 0.3) is 0 Å². The van der Waals surface area contributed by atoms with Gasteiger partial charge in [-0.25, -0.2) is 0 Å². The number of hydrogen-bond donors (Lipinski definition) is 3. The fourth-order valence-corrected chi connectivity index (χ4v) is 1.43. The van der Waals surface area contributed by atoms with Crippen molar-refractivity contribution in [1.82, 2.24) is 5.32 Å². The Labute approximate surface area is 103 Å². The van der Waals surface area contributed by atoms with Gasteiger partial charge in [0.25, 0.3) is 0 Å². The lowest BCUT2D eigenvalue weighted by molar-refractivity contribution is -0.137. The highest BCUT2D eigenvalue weighted by atomic mass is 16.4. The molecule has 4 N–H and O–H groups in total. The molecular formula is C12H24N2O3. The van der Waals surface area contributed by atoms with E-state index in [1.54, 1.807) is 0 Å². The molecule has 1 amide bonds. The van der Waals surface area contributed by atoms with Gasteiger partial charge in [0, 0.05) is 25.4 Å². The second-order valence-corrected chi connectivity index (χ2v) is 4.55. The Morgan fingerprint density at radius 2 is 2.00 bits per heavy atom. The van der Waals surface area contributed by atoms with Gasteiger partial charge in [-0.1, -0.05) is 13.8 Å². The highest BCUT2D eigenvalue weighted by Crippen LogP contribution is 2.09. The zero-order valence-electron chi connectivity index (χ0n) is 10.7. The molecule has 0 aromatic rings. The maximum absolute atomic E-state index is 11.4. The van der Waals surface area contributed by atoms with Gasteiger partial charge < -0.3 is 16.2 Å². The second kappa shape index (κ2) is 8.98. The molecule has 0 saturated heterocycles. The summed E-state index contributed by atoms with van der Waals surface area (Å²) in [7, 11) is 0. The quantitative estimate of drug-likeness (QED) is 0.566. The van der Waals surface area contributed by atoms with E-state index < -0.39 is 5.97 Å². The third kappa shape index (κ3) is 9.81. The number of amides is 1. The molecule has 0 heterocycles. The summed E-state index contributed by atoms with van der Waals surface area (Å²) in [6, 6.07) is -0.0700. The molecule has 0 fully saturated rings. The molecule has 0 aliphatic heterocycles. The summed E-state index contributed by atoms with van der Waals surface area (Å²) in [5.74, 6) is -0.481. The SMILES string of the molecule is CCC(N)CC(=O)NCCC(C)CCC(=O)O. The van der Waals surface area contributed by atoms with Crippen molar-refractivity contribution in [2.75, 3.05) is 6.54 Å². The largest absolute Gasteiger partial charge is 0.481 e. The van der Waals surface area contributed by atoms with Gasteiger partial charge in [0.15, 0.2) is 0 Å². The van der Waals surface area contributed by atoms with Crippen molar-refractivity contribution in [3.05, 3.63) is 0 Å². The van der Waals surface area contributed by atoms with Crippen molar-refractivity contribution in [2.24, 2.45) is 11.7 Å². The van der Waals surface area contributed by atoms with Crippen LogP contribution in [0.2, 0.25) is 0 Å². The molecule has 0 saturated carbocycles. The van der Waals surface area contributed by atoms with Gasteiger partial charge in [0.2, 0.25) is 5.91 Å². The predicted octanol–water partition coefficient (Wildman–Crippen LogP) is 1.12. The minimum absolute atomic E-state index is 0.0233. The Morgan fingerprint density at radius 3 is 2.53 bits per heavy atom.